The van der Waals surface area contributed by atoms with Crippen molar-refractivity contribution in [2.24, 2.45) is 0 Å². The summed E-state index contributed by atoms with van der Waals surface area (Å²) in [7, 11) is 1.69. The fourth-order valence-corrected chi connectivity index (χ4v) is 2.95. The third-order valence-corrected chi connectivity index (χ3v) is 4.07. The number of morpholine rings is 1. The summed E-state index contributed by atoms with van der Waals surface area (Å²) in [5, 5.41) is 3.12. The molecule has 19 heavy (non-hydrogen) atoms. The number of ether oxygens (including phenoxy) is 1. The van der Waals surface area contributed by atoms with Gasteiger partial charge in [-0.05, 0) is 0 Å². The van der Waals surface area contributed by atoms with Crippen LogP contribution in [0.3, 0.4) is 0 Å². The molecule has 2 amide bonds. The Morgan fingerprint density at radius 3 is 2.68 bits per heavy atom. The molecule has 2 aliphatic heterocycles. The standard InChI is InChI=1S/C11H19N3O3S.ClH/c1-13(11(16)9-7-18-8-12-9)6-10(15)14-2-4-17-5-3-14;/h9,12H,2-8H2,1H3;1H. The first-order valence-corrected chi connectivity index (χ1v) is 7.25. The number of thioether (sulfide) groups is 1. The van der Waals surface area contributed by atoms with Crippen LogP contribution in [0.4, 0.5) is 0 Å². The highest BCUT2D eigenvalue weighted by molar-refractivity contribution is 7.99. The Bertz CT molecular complexity index is 320. The molecular weight excluding hydrogens is 290 g/mol. The summed E-state index contributed by atoms with van der Waals surface area (Å²) >= 11 is 1.70. The second kappa shape index (κ2) is 7.94. The molecule has 1 N–H and O–H groups in total. The van der Waals surface area contributed by atoms with E-state index in [2.05, 4.69) is 5.32 Å². The zero-order valence-corrected chi connectivity index (χ0v) is 12.6. The normalized spacial score (nSPS) is 22.8. The number of nitrogens with zero attached hydrogens (tertiary/aromatic N) is 2. The molecule has 0 aromatic carbocycles. The highest BCUT2D eigenvalue weighted by Crippen LogP contribution is 2.11. The lowest BCUT2D eigenvalue weighted by molar-refractivity contribution is -0.142. The zero-order valence-electron chi connectivity index (χ0n) is 11.0. The topological polar surface area (TPSA) is 61.9 Å². The zero-order chi connectivity index (χ0) is 13.0. The van der Waals surface area contributed by atoms with Gasteiger partial charge >= 0.3 is 0 Å². The third-order valence-electron chi connectivity index (χ3n) is 3.13. The van der Waals surface area contributed by atoms with E-state index in [0.29, 0.717) is 26.3 Å². The maximum atomic E-state index is 12.0. The van der Waals surface area contributed by atoms with Crippen molar-refractivity contribution in [1.82, 2.24) is 15.1 Å². The quantitative estimate of drug-likeness (QED) is 0.753. The van der Waals surface area contributed by atoms with Crippen LogP contribution in [0.2, 0.25) is 0 Å². The number of hydrogen-bond donors (Lipinski definition) is 1. The highest BCUT2D eigenvalue weighted by Gasteiger charge is 2.27. The van der Waals surface area contributed by atoms with Crippen molar-refractivity contribution in [2.75, 3.05) is 51.5 Å². The molecule has 1 atom stereocenters. The second-order valence-electron chi connectivity index (χ2n) is 4.46. The van der Waals surface area contributed by atoms with E-state index in [-0.39, 0.29) is 36.8 Å². The number of hydrogen-bond acceptors (Lipinski definition) is 5. The second-order valence-corrected chi connectivity index (χ2v) is 5.49. The van der Waals surface area contributed by atoms with E-state index in [1.54, 1.807) is 23.7 Å². The number of halogens is 1. The lowest BCUT2D eigenvalue weighted by atomic mass is 10.3. The maximum Gasteiger partial charge on any atom is 0.242 e. The van der Waals surface area contributed by atoms with Crippen molar-refractivity contribution in [2.45, 2.75) is 6.04 Å². The lowest BCUT2D eigenvalue weighted by Gasteiger charge is -2.29. The molecule has 2 aliphatic rings. The molecule has 0 aromatic heterocycles. The number of carbonyl (C=O) groups excluding carboxylic acids is 2. The average Bonchev–Trinajstić information content (AvgIpc) is 2.92. The van der Waals surface area contributed by atoms with Crippen LogP contribution >= 0.6 is 24.2 Å². The van der Waals surface area contributed by atoms with Crippen LogP contribution in [-0.4, -0.2) is 79.2 Å². The summed E-state index contributed by atoms with van der Waals surface area (Å²) in [5.41, 5.74) is 0. The molecule has 0 bridgehead atoms. The first kappa shape index (κ1) is 16.6. The van der Waals surface area contributed by atoms with E-state index in [4.69, 9.17) is 4.74 Å². The van der Waals surface area contributed by atoms with Gasteiger partial charge in [-0.25, -0.2) is 0 Å². The van der Waals surface area contributed by atoms with Gasteiger partial charge in [0.15, 0.2) is 0 Å². The smallest absolute Gasteiger partial charge is 0.242 e. The van der Waals surface area contributed by atoms with E-state index >= 15 is 0 Å². The predicted octanol–water partition coefficient (Wildman–Crippen LogP) is -0.612. The third kappa shape index (κ3) is 4.52. The summed E-state index contributed by atoms with van der Waals surface area (Å²) in [6.45, 7) is 2.58. The number of carbonyl (C=O) groups is 2. The summed E-state index contributed by atoms with van der Waals surface area (Å²) in [6.07, 6.45) is 0. The molecule has 8 heteroatoms. The minimum absolute atomic E-state index is 0. The molecule has 0 aliphatic carbocycles. The summed E-state index contributed by atoms with van der Waals surface area (Å²) in [4.78, 5) is 27.3. The van der Waals surface area contributed by atoms with Crippen LogP contribution in [0.1, 0.15) is 0 Å². The molecule has 0 spiro atoms. The monoisotopic (exact) mass is 309 g/mol. The molecule has 0 aromatic rings. The van der Waals surface area contributed by atoms with Gasteiger partial charge in [-0.2, -0.15) is 0 Å². The lowest BCUT2D eigenvalue weighted by Crippen LogP contribution is -2.49. The maximum absolute atomic E-state index is 12.0. The predicted molar refractivity (Wildman–Crippen MR) is 76.5 cm³/mol. The van der Waals surface area contributed by atoms with E-state index < -0.39 is 0 Å². The largest absolute Gasteiger partial charge is 0.378 e. The molecule has 110 valence electrons. The van der Waals surface area contributed by atoms with E-state index in [1.807, 2.05) is 0 Å². The summed E-state index contributed by atoms with van der Waals surface area (Å²) in [5.74, 6) is 1.60. The van der Waals surface area contributed by atoms with Crippen molar-refractivity contribution in [3.63, 3.8) is 0 Å². The van der Waals surface area contributed by atoms with E-state index in [9.17, 15) is 9.59 Å². The van der Waals surface area contributed by atoms with Crippen LogP contribution in [0.15, 0.2) is 0 Å². The van der Waals surface area contributed by atoms with Gasteiger partial charge in [-0.1, -0.05) is 0 Å². The van der Waals surface area contributed by atoms with Gasteiger partial charge in [-0.3, -0.25) is 14.9 Å². The van der Waals surface area contributed by atoms with E-state index in [0.717, 1.165) is 11.6 Å². The van der Waals surface area contributed by atoms with Crippen LogP contribution in [0, 0.1) is 0 Å². The Labute approximate surface area is 123 Å². The van der Waals surface area contributed by atoms with Gasteiger partial charge in [-0.15, -0.1) is 24.2 Å². The van der Waals surface area contributed by atoms with Crippen LogP contribution in [0.5, 0.6) is 0 Å². The highest BCUT2D eigenvalue weighted by atomic mass is 35.5. The Hall–Kier alpha value is -0.500. The van der Waals surface area contributed by atoms with Crippen LogP contribution in [-0.2, 0) is 14.3 Å². The Morgan fingerprint density at radius 1 is 1.42 bits per heavy atom. The SMILES string of the molecule is CN(CC(=O)N1CCOCC1)C(=O)C1CSCN1.Cl. The minimum atomic E-state index is -0.141. The average molecular weight is 310 g/mol. The molecule has 2 saturated heterocycles. The van der Waals surface area contributed by atoms with Gasteiger partial charge < -0.3 is 14.5 Å². The summed E-state index contributed by atoms with van der Waals surface area (Å²) in [6, 6.07) is -0.141. The van der Waals surface area contributed by atoms with Crippen molar-refractivity contribution in [1.29, 1.82) is 0 Å². The van der Waals surface area contributed by atoms with Crippen molar-refractivity contribution in [3.8, 4) is 0 Å². The molecule has 0 saturated carbocycles. The number of nitrogens with one attached hydrogen (secondary N) is 1. The van der Waals surface area contributed by atoms with Crippen LogP contribution < -0.4 is 5.32 Å². The molecule has 2 fully saturated rings. The van der Waals surface area contributed by atoms with Crippen molar-refractivity contribution in [3.05, 3.63) is 0 Å². The minimum Gasteiger partial charge on any atom is -0.378 e. The van der Waals surface area contributed by atoms with Gasteiger partial charge in [0.2, 0.25) is 11.8 Å². The Kier molecular flexibility index (Phi) is 6.92. The molecule has 2 heterocycles. The molecular formula is C11H20ClN3O3S. The number of likely N-dealkylation sites (N-methyl/N-ethyl adjacent to an activating group) is 1. The van der Waals surface area contributed by atoms with Gasteiger partial charge in [0.05, 0.1) is 25.8 Å². The van der Waals surface area contributed by atoms with Crippen molar-refractivity contribution >= 4 is 36.0 Å². The van der Waals surface area contributed by atoms with Gasteiger partial charge in [0.25, 0.3) is 0 Å². The number of amides is 2. The first-order valence-electron chi connectivity index (χ1n) is 6.10. The first-order chi connectivity index (χ1) is 8.68. The summed E-state index contributed by atoms with van der Waals surface area (Å²) < 4.78 is 5.20. The van der Waals surface area contributed by atoms with Gasteiger partial charge in [0.1, 0.15) is 0 Å². The van der Waals surface area contributed by atoms with Crippen molar-refractivity contribution < 1.29 is 14.3 Å². The van der Waals surface area contributed by atoms with Gasteiger partial charge in [0, 0.05) is 31.8 Å². The molecule has 6 nitrogen and oxygen atoms in total. The fourth-order valence-electron chi connectivity index (χ4n) is 2.01. The van der Waals surface area contributed by atoms with E-state index in [1.165, 1.54) is 4.90 Å². The number of rotatable bonds is 3. The molecule has 2 rings (SSSR count). The Morgan fingerprint density at radius 2 is 2.11 bits per heavy atom. The molecule has 0 radical (unpaired) electrons. The molecule has 1 unspecified atom stereocenters. The van der Waals surface area contributed by atoms with Crippen LogP contribution in [0.25, 0.3) is 0 Å². The Balaban J connectivity index is 0.00000180. The fraction of sp³-hybridized carbons (Fsp3) is 0.818.